The van der Waals surface area contributed by atoms with Crippen molar-refractivity contribution >= 4 is 28.1 Å². The maximum atomic E-state index is 11.9. The first-order valence-electron chi connectivity index (χ1n) is 6.59. The molecule has 0 aliphatic heterocycles. The minimum Gasteiger partial charge on any atom is -0.508 e. The number of benzene rings is 2. The van der Waals surface area contributed by atoms with Crippen molar-refractivity contribution in [2.45, 2.75) is 13.0 Å². The van der Waals surface area contributed by atoms with Crippen molar-refractivity contribution in [1.29, 1.82) is 0 Å². The molecule has 0 heterocycles. The van der Waals surface area contributed by atoms with Crippen LogP contribution in [-0.4, -0.2) is 23.3 Å². The number of ether oxygens (including phenoxy) is 1. The molecule has 2 aromatic carbocycles. The minimum atomic E-state index is -0.668. The second-order valence-corrected chi connectivity index (χ2v) is 5.46. The van der Waals surface area contributed by atoms with Gasteiger partial charge in [0.2, 0.25) is 0 Å². The summed E-state index contributed by atoms with van der Waals surface area (Å²) in [5.41, 5.74) is 3.17. The van der Waals surface area contributed by atoms with Crippen LogP contribution in [0.4, 0.5) is 0 Å². The van der Waals surface area contributed by atoms with Crippen LogP contribution >= 0.6 is 15.9 Å². The van der Waals surface area contributed by atoms with Crippen molar-refractivity contribution in [2.75, 3.05) is 0 Å². The van der Waals surface area contributed by atoms with Gasteiger partial charge >= 0.3 is 0 Å². The fraction of sp³-hybridized carbons (Fsp3) is 0.125. The second kappa shape index (κ2) is 7.61. The van der Waals surface area contributed by atoms with E-state index in [0.29, 0.717) is 5.75 Å². The van der Waals surface area contributed by atoms with Crippen LogP contribution < -0.4 is 10.2 Å². The Morgan fingerprint density at radius 1 is 1.23 bits per heavy atom. The highest BCUT2D eigenvalue weighted by atomic mass is 79.9. The lowest BCUT2D eigenvalue weighted by atomic mass is 10.2. The van der Waals surface area contributed by atoms with Crippen LogP contribution in [0.5, 0.6) is 11.5 Å². The molecule has 6 heteroatoms. The molecule has 0 aliphatic rings. The number of phenols is 1. The Labute approximate surface area is 136 Å². The summed E-state index contributed by atoms with van der Waals surface area (Å²) < 4.78 is 6.45. The van der Waals surface area contributed by atoms with Gasteiger partial charge in [-0.15, -0.1) is 0 Å². The summed E-state index contributed by atoms with van der Waals surface area (Å²) in [5.74, 6) is 0.434. The van der Waals surface area contributed by atoms with Gasteiger partial charge in [0.05, 0.1) is 6.21 Å². The molecule has 0 aromatic heterocycles. The van der Waals surface area contributed by atoms with E-state index in [1.807, 2.05) is 12.1 Å². The number of carbonyl (C=O) groups is 1. The Morgan fingerprint density at radius 2 is 1.86 bits per heavy atom. The SMILES string of the molecule is CC(Oc1ccc(Br)cc1)C(=O)N/N=C/c1ccc(O)cc1. The molecule has 22 heavy (non-hydrogen) atoms. The van der Waals surface area contributed by atoms with E-state index >= 15 is 0 Å². The zero-order valence-electron chi connectivity index (χ0n) is 11.9. The van der Waals surface area contributed by atoms with Crippen LogP contribution in [0.25, 0.3) is 0 Å². The molecular weight excluding hydrogens is 348 g/mol. The number of nitrogens with zero attached hydrogens (tertiary/aromatic N) is 1. The molecule has 0 radical (unpaired) electrons. The Balaban J connectivity index is 1.85. The van der Waals surface area contributed by atoms with Gasteiger partial charge in [-0.05, 0) is 61.0 Å². The molecule has 0 saturated heterocycles. The summed E-state index contributed by atoms with van der Waals surface area (Å²) in [6.45, 7) is 1.65. The first-order valence-corrected chi connectivity index (χ1v) is 7.38. The Bertz CT molecular complexity index is 654. The summed E-state index contributed by atoms with van der Waals surface area (Å²) in [6, 6.07) is 13.7. The average Bonchev–Trinajstić information content (AvgIpc) is 2.51. The second-order valence-electron chi connectivity index (χ2n) is 4.54. The van der Waals surface area contributed by atoms with E-state index in [4.69, 9.17) is 9.84 Å². The van der Waals surface area contributed by atoms with Crippen LogP contribution in [0.2, 0.25) is 0 Å². The number of hydrazone groups is 1. The monoisotopic (exact) mass is 362 g/mol. The molecule has 0 bridgehead atoms. The lowest BCUT2D eigenvalue weighted by molar-refractivity contribution is -0.127. The Kier molecular flexibility index (Phi) is 5.55. The lowest BCUT2D eigenvalue weighted by Crippen LogP contribution is -2.33. The van der Waals surface area contributed by atoms with E-state index in [9.17, 15) is 4.79 Å². The fourth-order valence-corrected chi connectivity index (χ4v) is 1.86. The number of rotatable bonds is 5. The van der Waals surface area contributed by atoms with Gasteiger partial charge in [-0.1, -0.05) is 15.9 Å². The molecule has 2 N–H and O–H groups in total. The number of halogens is 1. The minimum absolute atomic E-state index is 0.178. The predicted octanol–water partition coefficient (Wildman–Crippen LogP) is 3.07. The van der Waals surface area contributed by atoms with E-state index in [1.54, 1.807) is 43.3 Å². The number of carbonyl (C=O) groups excluding carboxylic acids is 1. The maximum Gasteiger partial charge on any atom is 0.280 e. The third-order valence-electron chi connectivity index (χ3n) is 2.78. The first-order chi connectivity index (χ1) is 10.5. The largest absolute Gasteiger partial charge is 0.508 e. The van der Waals surface area contributed by atoms with Gasteiger partial charge in [-0.3, -0.25) is 4.79 Å². The third kappa shape index (κ3) is 4.89. The number of aromatic hydroxyl groups is 1. The lowest BCUT2D eigenvalue weighted by Gasteiger charge is -2.12. The normalized spacial score (nSPS) is 12.1. The van der Waals surface area contributed by atoms with Crippen molar-refractivity contribution in [3.8, 4) is 11.5 Å². The maximum absolute atomic E-state index is 11.9. The average molecular weight is 363 g/mol. The van der Waals surface area contributed by atoms with Crippen molar-refractivity contribution in [1.82, 2.24) is 5.43 Å². The molecule has 114 valence electrons. The molecular formula is C16H15BrN2O3. The molecule has 1 unspecified atom stereocenters. The molecule has 0 fully saturated rings. The number of hydrogen-bond donors (Lipinski definition) is 2. The summed E-state index contributed by atoms with van der Waals surface area (Å²) in [7, 11) is 0. The van der Waals surface area contributed by atoms with E-state index in [2.05, 4.69) is 26.5 Å². The van der Waals surface area contributed by atoms with Crippen molar-refractivity contribution < 1.29 is 14.6 Å². The topological polar surface area (TPSA) is 70.9 Å². The van der Waals surface area contributed by atoms with Gasteiger partial charge in [-0.2, -0.15) is 5.10 Å². The van der Waals surface area contributed by atoms with Gasteiger partial charge < -0.3 is 9.84 Å². The van der Waals surface area contributed by atoms with E-state index in [0.717, 1.165) is 10.0 Å². The first kappa shape index (κ1) is 16.0. The van der Waals surface area contributed by atoms with Gasteiger partial charge in [0.1, 0.15) is 11.5 Å². The zero-order valence-corrected chi connectivity index (χ0v) is 13.4. The molecule has 2 rings (SSSR count). The van der Waals surface area contributed by atoms with Crippen LogP contribution in [0.15, 0.2) is 58.1 Å². The molecule has 0 aliphatic carbocycles. The van der Waals surface area contributed by atoms with Gasteiger partial charge in [0.15, 0.2) is 6.10 Å². The fourth-order valence-electron chi connectivity index (χ4n) is 1.59. The standard InChI is InChI=1S/C16H15BrN2O3/c1-11(22-15-8-4-13(17)5-9-15)16(21)19-18-10-12-2-6-14(20)7-3-12/h2-11,20H,1H3,(H,19,21)/b18-10+. The van der Waals surface area contributed by atoms with Crippen LogP contribution in [0, 0.1) is 0 Å². The van der Waals surface area contributed by atoms with E-state index in [1.165, 1.54) is 6.21 Å². The highest BCUT2D eigenvalue weighted by molar-refractivity contribution is 9.10. The highest BCUT2D eigenvalue weighted by Gasteiger charge is 2.13. The molecule has 1 amide bonds. The quantitative estimate of drug-likeness (QED) is 0.634. The smallest absolute Gasteiger partial charge is 0.280 e. The van der Waals surface area contributed by atoms with Gasteiger partial charge in [-0.25, -0.2) is 5.43 Å². The van der Waals surface area contributed by atoms with Crippen LogP contribution in [-0.2, 0) is 4.79 Å². The molecule has 1 atom stereocenters. The van der Waals surface area contributed by atoms with Gasteiger partial charge in [0, 0.05) is 4.47 Å². The number of nitrogens with one attached hydrogen (secondary N) is 1. The Hall–Kier alpha value is -2.34. The predicted molar refractivity (Wildman–Crippen MR) is 88.1 cm³/mol. The summed E-state index contributed by atoms with van der Waals surface area (Å²) >= 11 is 3.33. The number of amides is 1. The van der Waals surface area contributed by atoms with Crippen molar-refractivity contribution in [3.05, 3.63) is 58.6 Å². The summed E-state index contributed by atoms with van der Waals surface area (Å²) in [4.78, 5) is 11.9. The molecule has 5 nitrogen and oxygen atoms in total. The van der Waals surface area contributed by atoms with E-state index < -0.39 is 6.10 Å². The molecule has 0 saturated carbocycles. The number of hydrogen-bond acceptors (Lipinski definition) is 4. The summed E-state index contributed by atoms with van der Waals surface area (Å²) in [5, 5.41) is 13.0. The van der Waals surface area contributed by atoms with Crippen LogP contribution in [0.3, 0.4) is 0 Å². The Morgan fingerprint density at radius 3 is 2.50 bits per heavy atom. The highest BCUT2D eigenvalue weighted by Crippen LogP contribution is 2.17. The molecule has 2 aromatic rings. The van der Waals surface area contributed by atoms with Crippen LogP contribution in [0.1, 0.15) is 12.5 Å². The van der Waals surface area contributed by atoms with Crippen molar-refractivity contribution in [2.24, 2.45) is 5.10 Å². The molecule has 0 spiro atoms. The van der Waals surface area contributed by atoms with Gasteiger partial charge in [0.25, 0.3) is 5.91 Å². The number of phenolic OH excluding ortho intramolecular Hbond substituents is 1. The van der Waals surface area contributed by atoms with Crippen molar-refractivity contribution in [3.63, 3.8) is 0 Å². The van der Waals surface area contributed by atoms with E-state index in [-0.39, 0.29) is 11.7 Å². The summed E-state index contributed by atoms with van der Waals surface area (Å²) in [6.07, 6.45) is 0.821. The zero-order chi connectivity index (χ0) is 15.9. The third-order valence-corrected chi connectivity index (χ3v) is 3.31.